The predicted molar refractivity (Wildman–Crippen MR) is 86.2 cm³/mol. The summed E-state index contributed by atoms with van der Waals surface area (Å²) in [5.41, 5.74) is 0.949. The summed E-state index contributed by atoms with van der Waals surface area (Å²) < 4.78 is 5.20. The lowest BCUT2D eigenvalue weighted by Crippen LogP contribution is -2.32. The van der Waals surface area contributed by atoms with E-state index in [1.807, 2.05) is 29.2 Å². The summed E-state index contributed by atoms with van der Waals surface area (Å²) in [6.45, 7) is 1.77. The Kier molecular flexibility index (Phi) is 6.50. The van der Waals surface area contributed by atoms with Crippen molar-refractivity contribution in [1.82, 2.24) is 4.90 Å². The average molecular weight is 298 g/mol. The Morgan fingerprint density at radius 2 is 1.77 bits per heavy atom. The van der Waals surface area contributed by atoms with Crippen molar-refractivity contribution < 1.29 is 9.53 Å². The van der Waals surface area contributed by atoms with Gasteiger partial charge in [-0.3, -0.25) is 4.79 Å². The minimum absolute atomic E-state index is 0.0443. The third-order valence-electron chi connectivity index (χ3n) is 3.77. The van der Waals surface area contributed by atoms with Gasteiger partial charge in [0.05, 0.1) is 0 Å². The monoisotopic (exact) mass is 298 g/mol. The van der Waals surface area contributed by atoms with Gasteiger partial charge in [-0.05, 0) is 36.6 Å². The van der Waals surface area contributed by atoms with Gasteiger partial charge in [0, 0.05) is 19.2 Å². The van der Waals surface area contributed by atoms with Crippen molar-refractivity contribution in [3.8, 4) is 11.8 Å². The fourth-order valence-electron chi connectivity index (χ4n) is 2.53. The first-order chi connectivity index (χ1) is 10.8. The Morgan fingerprint density at radius 3 is 2.41 bits per heavy atom. The van der Waals surface area contributed by atoms with Crippen LogP contribution in [0.25, 0.3) is 6.08 Å². The Morgan fingerprint density at radius 1 is 1.14 bits per heavy atom. The summed E-state index contributed by atoms with van der Waals surface area (Å²) in [4.78, 5) is 14.2. The molecule has 1 aromatic rings. The molecule has 1 aromatic carbocycles. The summed E-state index contributed by atoms with van der Waals surface area (Å²) in [5.74, 6) is 0.750. The van der Waals surface area contributed by atoms with E-state index in [4.69, 9.17) is 10.00 Å². The second-order valence-electron chi connectivity index (χ2n) is 5.44. The van der Waals surface area contributed by atoms with Crippen molar-refractivity contribution in [2.24, 2.45) is 0 Å². The van der Waals surface area contributed by atoms with Crippen LogP contribution in [0.15, 0.2) is 30.3 Å². The topological polar surface area (TPSA) is 53.3 Å². The first-order valence-corrected chi connectivity index (χ1v) is 7.86. The second kappa shape index (κ2) is 8.89. The second-order valence-corrected chi connectivity index (χ2v) is 5.44. The normalized spacial score (nSPS) is 15.9. The minimum Gasteiger partial charge on any atom is -0.479 e. The summed E-state index contributed by atoms with van der Waals surface area (Å²) in [5, 5.41) is 8.46. The van der Waals surface area contributed by atoms with E-state index in [0.29, 0.717) is 5.75 Å². The van der Waals surface area contributed by atoms with Crippen LogP contribution in [0.1, 0.15) is 37.7 Å². The number of nitriles is 1. The molecule has 116 valence electrons. The maximum absolute atomic E-state index is 12.2. The molecule has 1 heterocycles. The predicted octanol–water partition coefficient (Wildman–Crippen LogP) is 3.39. The maximum Gasteiger partial charge on any atom is 0.246 e. The molecule has 0 bridgehead atoms. The molecule has 0 aliphatic carbocycles. The Balaban J connectivity index is 1.89. The molecule has 22 heavy (non-hydrogen) atoms. The number of likely N-dealkylation sites (tertiary alicyclic amines) is 1. The Bertz CT molecular complexity index is 535. The highest BCUT2D eigenvalue weighted by Crippen LogP contribution is 2.14. The third-order valence-corrected chi connectivity index (χ3v) is 3.77. The lowest BCUT2D eigenvalue weighted by Gasteiger charge is -2.23. The van der Waals surface area contributed by atoms with Gasteiger partial charge in [-0.2, -0.15) is 5.26 Å². The SMILES string of the molecule is N#CCOc1ccc(C=CC(=O)N2CCCCCCC2)cc1. The van der Waals surface area contributed by atoms with Crippen LogP contribution in [0.5, 0.6) is 5.75 Å². The fraction of sp³-hybridized carbons (Fsp3) is 0.444. The smallest absolute Gasteiger partial charge is 0.246 e. The zero-order valence-corrected chi connectivity index (χ0v) is 12.8. The lowest BCUT2D eigenvalue weighted by atomic mass is 10.1. The molecule has 2 rings (SSSR count). The van der Waals surface area contributed by atoms with Gasteiger partial charge in [-0.15, -0.1) is 0 Å². The molecule has 0 unspecified atom stereocenters. The van der Waals surface area contributed by atoms with Crippen LogP contribution >= 0.6 is 0 Å². The van der Waals surface area contributed by atoms with Crippen LogP contribution in [0.2, 0.25) is 0 Å². The molecule has 0 N–H and O–H groups in total. The minimum atomic E-state index is 0.0443. The Hall–Kier alpha value is -2.28. The molecule has 0 spiro atoms. The molecule has 1 aliphatic rings. The van der Waals surface area contributed by atoms with E-state index in [0.717, 1.165) is 31.5 Å². The molecule has 4 nitrogen and oxygen atoms in total. The first-order valence-electron chi connectivity index (χ1n) is 7.86. The van der Waals surface area contributed by atoms with E-state index in [1.54, 1.807) is 18.2 Å². The highest BCUT2D eigenvalue weighted by molar-refractivity contribution is 5.91. The molecule has 0 atom stereocenters. The number of benzene rings is 1. The number of ether oxygens (including phenoxy) is 1. The van der Waals surface area contributed by atoms with Gasteiger partial charge in [0.15, 0.2) is 6.61 Å². The van der Waals surface area contributed by atoms with Gasteiger partial charge >= 0.3 is 0 Å². The summed E-state index contributed by atoms with van der Waals surface area (Å²) in [6, 6.07) is 9.29. The molecule has 0 aromatic heterocycles. The fourth-order valence-corrected chi connectivity index (χ4v) is 2.53. The van der Waals surface area contributed by atoms with Gasteiger partial charge < -0.3 is 9.64 Å². The Labute approximate surface area is 132 Å². The van der Waals surface area contributed by atoms with E-state index in [9.17, 15) is 4.79 Å². The average Bonchev–Trinajstić information content (AvgIpc) is 2.51. The molecule has 1 saturated heterocycles. The van der Waals surface area contributed by atoms with Crippen molar-refractivity contribution >= 4 is 12.0 Å². The summed E-state index contributed by atoms with van der Waals surface area (Å²) >= 11 is 0. The van der Waals surface area contributed by atoms with Crippen molar-refractivity contribution in [2.45, 2.75) is 32.1 Å². The van der Waals surface area contributed by atoms with Crippen LogP contribution < -0.4 is 4.74 Å². The van der Waals surface area contributed by atoms with Crippen LogP contribution in [-0.4, -0.2) is 30.5 Å². The van der Waals surface area contributed by atoms with E-state index in [-0.39, 0.29) is 12.5 Å². The molecular weight excluding hydrogens is 276 g/mol. The van der Waals surface area contributed by atoms with Gasteiger partial charge in [-0.25, -0.2) is 0 Å². The van der Waals surface area contributed by atoms with Gasteiger partial charge in [0.1, 0.15) is 11.8 Å². The molecule has 0 radical (unpaired) electrons. The molecule has 1 fully saturated rings. The first kappa shape index (κ1) is 16.1. The van der Waals surface area contributed by atoms with E-state index >= 15 is 0 Å². The molecular formula is C18H22N2O2. The van der Waals surface area contributed by atoms with Gasteiger partial charge in [0.2, 0.25) is 5.91 Å². The van der Waals surface area contributed by atoms with E-state index in [2.05, 4.69) is 0 Å². The third kappa shape index (κ3) is 5.25. The van der Waals surface area contributed by atoms with Crippen LogP contribution in [0.3, 0.4) is 0 Å². The zero-order valence-electron chi connectivity index (χ0n) is 12.8. The number of hydrogen-bond donors (Lipinski definition) is 0. The van der Waals surface area contributed by atoms with Gasteiger partial charge in [0.25, 0.3) is 0 Å². The van der Waals surface area contributed by atoms with Crippen molar-refractivity contribution in [2.75, 3.05) is 19.7 Å². The molecule has 0 saturated carbocycles. The lowest BCUT2D eigenvalue weighted by molar-refractivity contribution is -0.126. The number of carbonyl (C=O) groups is 1. The highest BCUT2D eigenvalue weighted by atomic mass is 16.5. The largest absolute Gasteiger partial charge is 0.479 e. The van der Waals surface area contributed by atoms with E-state index in [1.165, 1.54) is 19.3 Å². The quantitative estimate of drug-likeness (QED) is 0.801. The van der Waals surface area contributed by atoms with Crippen molar-refractivity contribution in [3.63, 3.8) is 0 Å². The highest BCUT2D eigenvalue weighted by Gasteiger charge is 2.11. The molecule has 1 aliphatic heterocycles. The number of rotatable bonds is 4. The number of hydrogen-bond acceptors (Lipinski definition) is 3. The number of carbonyl (C=O) groups excluding carboxylic acids is 1. The van der Waals surface area contributed by atoms with E-state index < -0.39 is 0 Å². The molecule has 4 heteroatoms. The van der Waals surface area contributed by atoms with Crippen LogP contribution in [0, 0.1) is 11.3 Å². The van der Waals surface area contributed by atoms with Gasteiger partial charge in [-0.1, -0.05) is 31.4 Å². The number of nitrogens with zero attached hydrogens (tertiary/aromatic N) is 2. The summed E-state index contributed by atoms with van der Waals surface area (Å²) in [7, 11) is 0. The zero-order chi connectivity index (χ0) is 15.6. The molecule has 1 amide bonds. The number of amides is 1. The van der Waals surface area contributed by atoms with Crippen LogP contribution in [0.4, 0.5) is 0 Å². The standard InChI is InChI=1S/C18H22N2O2/c19-12-15-22-17-9-6-16(7-10-17)8-11-18(21)20-13-4-2-1-3-5-14-20/h6-11H,1-5,13-15H2. The maximum atomic E-state index is 12.2. The van der Waals surface area contributed by atoms with Crippen molar-refractivity contribution in [1.29, 1.82) is 5.26 Å². The van der Waals surface area contributed by atoms with Crippen molar-refractivity contribution in [3.05, 3.63) is 35.9 Å². The summed E-state index contributed by atoms with van der Waals surface area (Å²) in [6.07, 6.45) is 9.41. The van der Waals surface area contributed by atoms with Crippen LogP contribution in [-0.2, 0) is 4.79 Å².